The van der Waals surface area contributed by atoms with Crippen LogP contribution in [-0.2, 0) is 0 Å². The topological polar surface area (TPSA) is 100 Å². The molecule has 0 spiro atoms. The fourth-order valence-electron chi connectivity index (χ4n) is 4.96. The average Bonchev–Trinajstić information content (AvgIpc) is 3.55. The quantitative estimate of drug-likeness (QED) is 0.524. The van der Waals surface area contributed by atoms with E-state index in [1.807, 2.05) is 7.05 Å². The molecule has 10 heteroatoms. The molecule has 2 aliphatic heterocycles. The van der Waals surface area contributed by atoms with E-state index < -0.39 is 5.82 Å². The normalized spacial score (nSPS) is 22.8. The Morgan fingerprint density at radius 2 is 2.00 bits per heavy atom. The van der Waals surface area contributed by atoms with Gasteiger partial charge >= 0.3 is 0 Å². The van der Waals surface area contributed by atoms with Crippen molar-refractivity contribution in [3.8, 4) is 17.1 Å². The molecule has 2 bridgehead atoms. The van der Waals surface area contributed by atoms with Crippen molar-refractivity contribution in [1.82, 2.24) is 40.5 Å². The van der Waals surface area contributed by atoms with Gasteiger partial charge in [-0.15, -0.1) is 10.2 Å². The molecule has 3 aromatic heterocycles. The molecule has 2 N–H and O–H groups in total. The molecule has 158 valence electrons. The lowest BCUT2D eigenvalue weighted by atomic mass is 9.99. The van der Waals surface area contributed by atoms with Crippen LogP contribution in [0.25, 0.3) is 28.0 Å². The maximum Gasteiger partial charge on any atom is 0.184 e. The Morgan fingerprint density at radius 1 is 1.16 bits per heavy atom. The summed E-state index contributed by atoms with van der Waals surface area (Å²) < 4.78 is 16.5. The van der Waals surface area contributed by atoms with Crippen LogP contribution < -0.4 is 10.2 Å². The van der Waals surface area contributed by atoms with Crippen molar-refractivity contribution >= 4 is 16.7 Å². The maximum atomic E-state index is 15.0. The molecular formula is C21H22FN9. The number of halogens is 1. The van der Waals surface area contributed by atoms with E-state index in [0.717, 1.165) is 18.7 Å². The second-order valence-corrected chi connectivity index (χ2v) is 8.38. The zero-order valence-electron chi connectivity index (χ0n) is 17.0. The Kier molecular flexibility index (Phi) is 4.20. The van der Waals surface area contributed by atoms with Gasteiger partial charge in [-0.3, -0.25) is 5.10 Å². The van der Waals surface area contributed by atoms with Crippen LogP contribution in [-0.4, -0.2) is 60.3 Å². The van der Waals surface area contributed by atoms with E-state index in [2.05, 4.69) is 40.7 Å². The summed E-state index contributed by atoms with van der Waals surface area (Å²) in [5.74, 6) is 0.648. The highest BCUT2D eigenvalue weighted by molar-refractivity contribution is 5.97. The molecule has 3 atom stereocenters. The first-order chi connectivity index (χ1) is 15.2. The minimum absolute atomic E-state index is 0.336. The van der Waals surface area contributed by atoms with Gasteiger partial charge < -0.3 is 10.2 Å². The van der Waals surface area contributed by atoms with Crippen molar-refractivity contribution in [3.05, 3.63) is 42.7 Å². The minimum Gasteiger partial charge on any atom is -0.354 e. The van der Waals surface area contributed by atoms with Crippen LogP contribution in [0.2, 0.25) is 0 Å². The number of H-pyrrole nitrogens is 1. The number of aromatic nitrogens is 7. The average molecular weight is 419 g/mol. The van der Waals surface area contributed by atoms with Gasteiger partial charge in [-0.2, -0.15) is 10.2 Å². The molecule has 0 saturated carbocycles. The number of nitrogens with zero attached hydrogens (tertiary/aromatic N) is 7. The number of benzene rings is 1. The Labute approximate surface area is 177 Å². The van der Waals surface area contributed by atoms with Crippen LogP contribution >= 0.6 is 0 Å². The van der Waals surface area contributed by atoms with Crippen LogP contribution in [0.5, 0.6) is 0 Å². The van der Waals surface area contributed by atoms with E-state index in [1.54, 1.807) is 30.9 Å². The predicted octanol–water partition coefficient (Wildman–Crippen LogP) is 2.46. The molecule has 2 saturated heterocycles. The van der Waals surface area contributed by atoms with Crippen LogP contribution in [0, 0.1) is 5.82 Å². The summed E-state index contributed by atoms with van der Waals surface area (Å²) in [7, 11) is 2.05. The fourth-order valence-corrected chi connectivity index (χ4v) is 4.96. The lowest BCUT2D eigenvalue weighted by Crippen LogP contribution is -2.47. The van der Waals surface area contributed by atoms with Crippen molar-refractivity contribution < 1.29 is 4.39 Å². The van der Waals surface area contributed by atoms with E-state index in [9.17, 15) is 0 Å². The van der Waals surface area contributed by atoms with Gasteiger partial charge in [0.2, 0.25) is 0 Å². The summed E-state index contributed by atoms with van der Waals surface area (Å²) in [5.41, 5.74) is 1.50. The highest BCUT2D eigenvalue weighted by Crippen LogP contribution is 2.33. The number of aromatic amines is 1. The molecule has 5 heterocycles. The molecule has 0 aliphatic carbocycles. The largest absolute Gasteiger partial charge is 0.354 e. The van der Waals surface area contributed by atoms with Gasteiger partial charge in [0.05, 0.1) is 17.9 Å². The van der Waals surface area contributed by atoms with E-state index in [1.165, 1.54) is 23.6 Å². The first-order valence-corrected chi connectivity index (χ1v) is 10.5. The number of anilines is 1. The number of fused-ring (bicyclic) bond motifs is 3. The highest BCUT2D eigenvalue weighted by atomic mass is 19.1. The number of hydrogen-bond donors (Lipinski definition) is 2. The molecule has 31 heavy (non-hydrogen) atoms. The first-order valence-electron chi connectivity index (χ1n) is 10.5. The van der Waals surface area contributed by atoms with E-state index in [-0.39, 0.29) is 0 Å². The molecule has 0 radical (unpaired) electrons. The third kappa shape index (κ3) is 3.05. The molecule has 1 unspecified atom stereocenters. The Morgan fingerprint density at radius 3 is 2.71 bits per heavy atom. The monoisotopic (exact) mass is 419 g/mol. The second kappa shape index (κ2) is 7.09. The molecule has 0 amide bonds. The third-order valence-electron chi connectivity index (χ3n) is 6.54. The predicted molar refractivity (Wildman–Crippen MR) is 113 cm³/mol. The smallest absolute Gasteiger partial charge is 0.184 e. The zero-order valence-corrected chi connectivity index (χ0v) is 17.0. The summed E-state index contributed by atoms with van der Waals surface area (Å²) in [6, 6.07) is 4.76. The Balaban J connectivity index is 1.33. The summed E-state index contributed by atoms with van der Waals surface area (Å²) in [6.07, 6.45) is 11.3. The molecule has 6 rings (SSSR count). The van der Waals surface area contributed by atoms with Crippen LogP contribution in [0.15, 0.2) is 36.9 Å². The SMILES string of the molecule is CN(c1cnc(-c2cc(F)c(-n3cccn3)c3cn[nH]c23)nn1)C1C[C@H]2CC[C@@H](C1)N2. The van der Waals surface area contributed by atoms with Gasteiger partial charge in [-0.1, -0.05) is 0 Å². The van der Waals surface area contributed by atoms with Crippen molar-refractivity contribution in [3.63, 3.8) is 0 Å². The fraction of sp³-hybridized carbons (Fsp3) is 0.381. The molecular weight excluding hydrogens is 397 g/mol. The van der Waals surface area contributed by atoms with Crippen molar-refractivity contribution in [2.24, 2.45) is 0 Å². The number of nitrogens with one attached hydrogen (secondary N) is 2. The maximum absolute atomic E-state index is 15.0. The van der Waals surface area contributed by atoms with Crippen molar-refractivity contribution in [2.45, 2.75) is 43.8 Å². The highest BCUT2D eigenvalue weighted by Gasteiger charge is 2.35. The van der Waals surface area contributed by atoms with Gasteiger partial charge in [0.1, 0.15) is 11.5 Å². The van der Waals surface area contributed by atoms with Crippen molar-refractivity contribution in [2.75, 3.05) is 11.9 Å². The van der Waals surface area contributed by atoms with Gasteiger partial charge in [0.25, 0.3) is 0 Å². The standard InChI is InChI=1S/C21H22FN9/c1-30(14-7-12-3-4-13(8-14)26-12)18-11-23-21(29-27-18)15-9-17(22)20(31-6-2-5-25-31)16-10-24-28-19(15)16/h2,5-6,9-14,26H,3-4,7-8H2,1H3,(H,24,28)/t12-,13+,14?. The minimum atomic E-state index is -0.428. The summed E-state index contributed by atoms with van der Waals surface area (Å²) in [6.45, 7) is 0. The second-order valence-electron chi connectivity index (χ2n) is 8.38. The van der Waals surface area contributed by atoms with Gasteiger partial charge in [0.15, 0.2) is 11.6 Å². The zero-order chi connectivity index (χ0) is 20.9. The Bertz CT molecular complexity index is 1210. The van der Waals surface area contributed by atoms with Gasteiger partial charge in [-0.05, 0) is 37.8 Å². The summed E-state index contributed by atoms with van der Waals surface area (Å²) >= 11 is 0. The molecule has 2 fully saturated rings. The molecule has 4 aromatic rings. The summed E-state index contributed by atoms with van der Waals surface area (Å²) in [4.78, 5) is 6.68. The van der Waals surface area contributed by atoms with Crippen LogP contribution in [0.3, 0.4) is 0 Å². The molecule has 1 aromatic carbocycles. The Hall–Kier alpha value is -3.40. The molecule has 2 aliphatic rings. The van der Waals surface area contributed by atoms with Crippen LogP contribution in [0.1, 0.15) is 25.7 Å². The summed E-state index contributed by atoms with van der Waals surface area (Å²) in [5, 5.41) is 24.2. The van der Waals surface area contributed by atoms with Gasteiger partial charge in [-0.25, -0.2) is 14.1 Å². The lowest BCUT2D eigenvalue weighted by molar-refractivity contribution is 0.353. The first kappa shape index (κ1) is 18.4. The van der Waals surface area contributed by atoms with Crippen LogP contribution in [0.4, 0.5) is 10.2 Å². The van der Waals surface area contributed by atoms with E-state index in [4.69, 9.17) is 0 Å². The third-order valence-corrected chi connectivity index (χ3v) is 6.54. The number of hydrogen-bond acceptors (Lipinski definition) is 7. The lowest BCUT2D eigenvalue weighted by Gasteiger charge is -2.35. The number of rotatable bonds is 4. The van der Waals surface area contributed by atoms with E-state index in [0.29, 0.717) is 46.1 Å². The molecule has 9 nitrogen and oxygen atoms in total. The number of piperidine rings is 1. The van der Waals surface area contributed by atoms with Gasteiger partial charge in [0, 0.05) is 48.5 Å². The van der Waals surface area contributed by atoms with E-state index >= 15 is 4.39 Å². The van der Waals surface area contributed by atoms with Crippen molar-refractivity contribution in [1.29, 1.82) is 0 Å².